The highest BCUT2D eigenvalue weighted by atomic mass is 16.5. The lowest BCUT2D eigenvalue weighted by Crippen LogP contribution is -2.04. The number of methoxy groups -OCH3 is 1. The molecule has 3 aromatic rings. The van der Waals surface area contributed by atoms with Crippen LogP contribution in [0.2, 0.25) is 0 Å². The normalized spacial score (nSPS) is 10.8. The zero-order chi connectivity index (χ0) is 15.0. The molecule has 1 heterocycles. The van der Waals surface area contributed by atoms with Gasteiger partial charge in [-0.1, -0.05) is 12.1 Å². The highest BCUT2D eigenvalue weighted by Gasteiger charge is 2.11. The summed E-state index contributed by atoms with van der Waals surface area (Å²) in [7, 11) is 1.59. The maximum atomic E-state index is 12.2. The minimum atomic E-state index is -0.371. The number of hydrogen-bond acceptors (Lipinski definition) is 4. The van der Waals surface area contributed by atoms with Gasteiger partial charge in [-0.15, -0.1) is 0 Å². The van der Waals surface area contributed by atoms with Gasteiger partial charge in [-0.25, -0.2) is 9.78 Å². The summed E-state index contributed by atoms with van der Waals surface area (Å²) in [6.45, 7) is 3.89. The fourth-order valence-corrected chi connectivity index (χ4v) is 2.41. The van der Waals surface area contributed by atoms with Gasteiger partial charge in [-0.3, -0.25) is 0 Å². The van der Waals surface area contributed by atoms with Crippen LogP contribution in [0.5, 0.6) is 5.75 Å². The molecule has 0 unspecified atom stereocenters. The van der Waals surface area contributed by atoms with E-state index in [1.165, 1.54) is 0 Å². The molecule has 0 spiro atoms. The third kappa shape index (κ3) is 2.40. The fraction of sp³-hybridized carbons (Fsp3) is 0.176. The van der Waals surface area contributed by atoms with E-state index < -0.39 is 0 Å². The van der Waals surface area contributed by atoms with Gasteiger partial charge < -0.3 is 9.15 Å². The van der Waals surface area contributed by atoms with Crippen molar-refractivity contribution < 1.29 is 9.15 Å². The summed E-state index contributed by atoms with van der Waals surface area (Å²) in [6, 6.07) is 11.1. The van der Waals surface area contributed by atoms with Crippen LogP contribution in [-0.2, 0) is 0 Å². The molecule has 3 rings (SSSR count). The molecule has 0 amide bonds. The van der Waals surface area contributed by atoms with Crippen molar-refractivity contribution in [3.05, 3.63) is 57.9 Å². The first-order valence-corrected chi connectivity index (χ1v) is 6.65. The lowest BCUT2D eigenvalue weighted by atomic mass is 10.1. The molecule has 0 fully saturated rings. The fourth-order valence-electron chi connectivity index (χ4n) is 2.41. The Balaban J connectivity index is 2.27. The van der Waals surface area contributed by atoms with Crippen LogP contribution in [0.15, 0.2) is 45.6 Å². The minimum absolute atomic E-state index is 0.304. The lowest BCUT2D eigenvalue weighted by Gasteiger charge is -2.06. The van der Waals surface area contributed by atoms with E-state index in [0.29, 0.717) is 28.1 Å². The van der Waals surface area contributed by atoms with E-state index >= 15 is 0 Å². The van der Waals surface area contributed by atoms with Crippen LogP contribution in [0.1, 0.15) is 11.1 Å². The Labute approximate surface area is 122 Å². The summed E-state index contributed by atoms with van der Waals surface area (Å²) in [5, 5.41) is 0.513. The van der Waals surface area contributed by atoms with Crippen molar-refractivity contribution in [2.45, 2.75) is 13.8 Å². The maximum absolute atomic E-state index is 12.2. The van der Waals surface area contributed by atoms with Crippen molar-refractivity contribution in [1.82, 2.24) is 4.98 Å². The van der Waals surface area contributed by atoms with Crippen molar-refractivity contribution in [1.29, 1.82) is 0 Å². The Kier molecular flexibility index (Phi) is 3.22. The molecule has 0 atom stereocenters. The second-order valence-corrected chi connectivity index (χ2v) is 5.02. The Morgan fingerprint density at radius 2 is 1.95 bits per heavy atom. The van der Waals surface area contributed by atoms with E-state index in [0.717, 1.165) is 11.1 Å². The quantitative estimate of drug-likeness (QED) is 0.721. The number of aromatic nitrogens is 1. The summed E-state index contributed by atoms with van der Waals surface area (Å²) in [5.41, 5.74) is 3.00. The molecule has 21 heavy (non-hydrogen) atoms. The zero-order valence-corrected chi connectivity index (χ0v) is 12.1. The first-order valence-electron chi connectivity index (χ1n) is 6.65. The molecular formula is C17H15NO3. The van der Waals surface area contributed by atoms with Gasteiger partial charge in [0, 0.05) is 5.56 Å². The number of ether oxygens (including phenoxy) is 1. The van der Waals surface area contributed by atoms with E-state index in [1.54, 1.807) is 19.2 Å². The summed E-state index contributed by atoms with van der Waals surface area (Å²) in [5.74, 6) is 0.996. The van der Waals surface area contributed by atoms with Crippen molar-refractivity contribution in [2.75, 3.05) is 7.11 Å². The predicted octanol–water partition coefficient (Wildman–Crippen LogP) is 3.48. The second-order valence-electron chi connectivity index (χ2n) is 5.02. The van der Waals surface area contributed by atoms with E-state index in [9.17, 15) is 4.79 Å². The Morgan fingerprint density at radius 3 is 2.71 bits per heavy atom. The molecule has 0 N–H and O–H groups in total. The summed E-state index contributed by atoms with van der Waals surface area (Å²) >= 11 is 0. The van der Waals surface area contributed by atoms with Crippen molar-refractivity contribution >= 4 is 10.9 Å². The monoisotopic (exact) mass is 281 g/mol. The van der Waals surface area contributed by atoms with Gasteiger partial charge in [-0.05, 0) is 49.2 Å². The highest BCUT2D eigenvalue weighted by Crippen LogP contribution is 2.24. The average molecular weight is 281 g/mol. The van der Waals surface area contributed by atoms with Gasteiger partial charge in [-0.2, -0.15) is 0 Å². The molecule has 4 heteroatoms. The van der Waals surface area contributed by atoms with Gasteiger partial charge in [0.1, 0.15) is 5.75 Å². The SMILES string of the molecule is COc1cccc(-c2nc3c(C)cc(C)cc3c(=O)o2)c1. The van der Waals surface area contributed by atoms with Crippen molar-refractivity contribution in [2.24, 2.45) is 0 Å². The third-order valence-electron chi connectivity index (χ3n) is 3.38. The third-order valence-corrected chi connectivity index (χ3v) is 3.38. The van der Waals surface area contributed by atoms with E-state index in [2.05, 4.69) is 4.98 Å². The first kappa shape index (κ1) is 13.4. The number of aryl methyl sites for hydroxylation is 2. The van der Waals surface area contributed by atoms with Crippen LogP contribution in [0.25, 0.3) is 22.4 Å². The molecule has 106 valence electrons. The number of fused-ring (bicyclic) bond motifs is 1. The molecule has 1 aromatic heterocycles. The van der Waals surface area contributed by atoms with Crippen LogP contribution >= 0.6 is 0 Å². The molecule has 4 nitrogen and oxygen atoms in total. The molecule has 0 bridgehead atoms. The second kappa shape index (κ2) is 5.05. The average Bonchev–Trinajstić information content (AvgIpc) is 2.48. The maximum Gasteiger partial charge on any atom is 0.347 e. The van der Waals surface area contributed by atoms with Crippen molar-refractivity contribution in [3.8, 4) is 17.2 Å². The molecule has 0 saturated carbocycles. The Hall–Kier alpha value is -2.62. The van der Waals surface area contributed by atoms with Crippen LogP contribution in [0.4, 0.5) is 0 Å². The molecule has 0 radical (unpaired) electrons. The standard InChI is InChI=1S/C17H15NO3/c1-10-7-11(2)15-14(8-10)17(19)21-16(18-15)12-5-4-6-13(9-12)20-3/h4-9H,1-3H3. The Morgan fingerprint density at radius 1 is 1.14 bits per heavy atom. The number of nitrogens with zero attached hydrogens (tertiary/aromatic N) is 1. The minimum Gasteiger partial charge on any atom is -0.497 e. The molecule has 0 aliphatic heterocycles. The number of hydrogen-bond donors (Lipinski definition) is 0. The van der Waals surface area contributed by atoms with Crippen LogP contribution in [-0.4, -0.2) is 12.1 Å². The summed E-state index contributed by atoms with van der Waals surface area (Å²) in [6.07, 6.45) is 0. The van der Waals surface area contributed by atoms with Gasteiger partial charge >= 0.3 is 5.63 Å². The molecule has 0 aliphatic carbocycles. The van der Waals surface area contributed by atoms with Gasteiger partial charge in [0.05, 0.1) is 18.0 Å². The lowest BCUT2D eigenvalue weighted by molar-refractivity contribution is 0.414. The number of rotatable bonds is 2. The molecular weight excluding hydrogens is 266 g/mol. The van der Waals surface area contributed by atoms with Gasteiger partial charge in [0.2, 0.25) is 5.89 Å². The smallest absolute Gasteiger partial charge is 0.347 e. The van der Waals surface area contributed by atoms with Gasteiger partial charge in [0.15, 0.2) is 0 Å². The molecule has 2 aromatic carbocycles. The van der Waals surface area contributed by atoms with Crippen LogP contribution < -0.4 is 10.4 Å². The van der Waals surface area contributed by atoms with Crippen LogP contribution in [0, 0.1) is 13.8 Å². The summed E-state index contributed by atoms with van der Waals surface area (Å²) in [4.78, 5) is 16.7. The largest absolute Gasteiger partial charge is 0.497 e. The van der Waals surface area contributed by atoms with Crippen LogP contribution in [0.3, 0.4) is 0 Å². The summed E-state index contributed by atoms with van der Waals surface area (Å²) < 4.78 is 10.5. The molecule has 0 saturated heterocycles. The first-order chi connectivity index (χ1) is 10.1. The van der Waals surface area contributed by atoms with E-state index in [-0.39, 0.29) is 5.63 Å². The number of benzene rings is 2. The van der Waals surface area contributed by atoms with E-state index in [1.807, 2.05) is 38.1 Å². The predicted molar refractivity (Wildman–Crippen MR) is 81.7 cm³/mol. The molecule has 0 aliphatic rings. The van der Waals surface area contributed by atoms with Gasteiger partial charge in [0.25, 0.3) is 0 Å². The van der Waals surface area contributed by atoms with Crippen molar-refractivity contribution in [3.63, 3.8) is 0 Å². The topological polar surface area (TPSA) is 52.3 Å². The highest BCUT2D eigenvalue weighted by molar-refractivity contribution is 5.82. The Bertz CT molecular complexity index is 881. The zero-order valence-electron chi connectivity index (χ0n) is 12.1. The van der Waals surface area contributed by atoms with E-state index in [4.69, 9.17) is 9.15 Å².